The molecule has 1 fully saturated rings. The fourth-order valence-corrected chi connectivity index (χ4v) is 2.80. The molecule has 0 radical (unpaired) electrons. The van der Waals surface area contributed by atoms with E-state index in [1.807, 2.05) is 6.07 Å². The molecule has 2 aromatic heterocycles. The molecule has 0 spiro atoms. The number of rotatable bonds is 3. The number of carbonyl (C=O) groups is 1. The number of imidazole rings is 1. The number of nitrogens with one attached hydrogen (secondary N) is 1. The van der Waals surface area contributed by atoms with E-state index in [9.17, 15) is 4.79 Å². The van der Waals surface area contributed by atoms with Gasteiger partial charge < -0.3 is 9.88 Å². The van der Waals surface area contributed by atoms with E-state index in [-0.39, 0.29) is 17.3 Å². The second-order valence-corrected chi connectivity index (χ2v) is 5.40. The number of piperidine rings is 1. The van der Waals surface area contributed by atoms with Crippen LogP contribution in [-0.2, 0) is 4.79 Å². The number of nitriles is 1. The van der Waals surface area contributed by atoms with E-state index in [0.717, 1.165) is 37.3 Å². The van der Waals surface area contributed by atoms with Gasteiger partial charge in [-0.05, 0) is 25.7 Å². The molecule has 1 unspecified atom stereocenters. The second kappa shape index (κ2) is 5.93. The highest BCUT2D eigenvalue weighted by atomic mass is 16.1. The summed E-state index contributed by atoms with van der Waals surface area (Å²) in [6.07, 6.45) is 6.85. The maximum atomic E-state index is 11.4. The first-order valence-corrected chi connectivity index (χ1v) is 7.21. The highest BCUT2D eigenvalue weighted by molar-refractivity contribution is 5.97. The third kappa shape index (κ3) is 2.68. The SMILES string of the molecule is CC(=O)/C(C#N)=C/C1CCCN(c2ncnc3nc[nH]c23)C1. The lowest BCUT2D eigenvalue weighted by Crippen LogP contribution is -2.35. The summed E-state index contributed by atoms with van der Waals surface area (Å²) in [4.78, 5) is 29.3. The van der Waals surface area contributed by atoms with Gasteiger partial charge in [-0.25, -0.2) is 15.0 Å². The van der Waals surface area contributed by atoms with E-state index in [1.54, 1.807) is 12.4 Å². The van der Waals surface area contributed by atoms with Crippen molar-refractivity contribution in [2.45, 2.75) is 19.8 Å². The van der Waals surface area contributed by atoms with Crippen LogP contribution in [0.2, 0.25) is 0 Å². The smallest absolute Gasteiger partial charge is 0.182 e. The number of nitrogens with zero attached hydrogens (tertiary/aromatic N) is 5. The van der Waals surface area contributed by atoms with Gasteiger partial charge >= 0.3 is 0 Å². The van der Waals surface area contributed by atoms with Crippen LogP contribution in [0.1, 0.15) is 19.8 Å². The van der Waals surface area contributed by atoms with Crippen LogP contribution in [0.3, 0.4) is 0 Å². The summed E-state index contributed by atoms with van der Waals surface area (Å²) < 4.78 is 0. The van der Waals surface area contributed by atoms with Crippen molar-refractivity contribution in [2.75, 3.05) is 18.0 Å². The average molecular weight is 296 g/mol. The lowest BCUT2D eigenvalue weighted by molar-refractivity contribution is -0.113. The zero-order valence-electron chi connectivity index (χ0n) is 12.3. The standard InChI is InChI=1S/C15H16N6O/c1-10(22)12(6-16)5-11-3-2-4-21(7-11)15-13-14(18-8-17-13)19-9-20-15/h5,8-9,11H,2-4,7H2,1H3,(H,17,18,19,20)/b12-5+. The largest absolute Gasteiger partial charge is 0.354 e. The minimum Gasteiger partial charge on any atom is -0.354 e. The van der Waals surface area contributed by atoms with Crippen LogP contribution < -0.4 is 4.90 Å². The Morgan fingerprint density at radius 2 is 2.36 bits per heavy atom. The van der Waals surface area contributed by atoms with Crippen molar-refractivity contribution in [3.05, 3.63) is 24.3 Å². The molecule has 1 aliphatic rings. The van der Waals surface area contributed by atoms with Gasteiger partial charge in [-0.2, -0.15) is 5.26 Å². The molecule has 1 atom stereocenters. The molecule has 0 aliphatic carbocycles. The van der Waals surface area contributed by atoms with Crippen LogP contribution in [-0.4, -0.2) is 38.8 Å². The van der Waals surface area contributed by atoms with E-state index < -0.39 is 0 Å². The third-order valence-corrected chi connectivity index (χ3v) is 3.86. The Labute approximate surface area is 127 Å². The number of hydrogen-bond donors (Lipinski definition) is 1. The lowest BCUT2D eigenvalue weighted by Gasteiger charge is -2.32. The molecule has 3 heterocycles. The van der Waals surface area contributed by atoms with Crippen LogP contribution in [0.15, 0.2) is 24.3 Å². The summed E-state index contributed by atoms with van der Waals surface area (Å²) in [7, 11) is 0. The summed E-state index contributed by atoms with van der Waals surface area (Å²) in [5.41, 5.74) is 1.70. The predicted octanol–water partition coefficient (Wildman–Crippen LogP) is 1.61. The molecule has 7 heteroatoms. The number of Topliss-reactive ketones (excluding diaryl/α,β-unsaturated/α-hetero) is 1. The van der Waals surface area contributed by atoms with Crippen molar-refractivity contribution in [3.8, 4) is 6.07 Å². The van der Waals surface area contributed by atoms with Crippen molar-refractivity contribution >= 4 is 22.8 Å². The average Bonchev–Trinajstić information content (AvgIpc) is 3.01. The van der Waals surface area contributed by atoms with Gasteiger partial charge in [-0.1, -0.05) is 6.08 Å². The van der Waals surface area contributed by atoms with E-state index in [4.69, 9.17) is 5.26 Å². The number of aromatic amines is 1. The Morgan fingerprint density at radius 3 is 3.14 bits per heavy atom. The molecule has 1 aliphatic heterocycles. The zero-order valence-corrected chi connectivity index (χ0v) is 12.3. The molecule has 22 heavy (non-hydrogen) atoms. The van der Waals surface area contributed by atoms with Crippen molar-refractivity contribution in [1.29, 1.82) is 5.26 Å². The van der Waals surface area contributed by atoms with Crippen molar-refractivity contribution in [3.63, 3.8) is 0 Å². The molecule has 3 rings (SSSR count). The topological polar surface area (TPSA) is 98.6 Å². The second-order valence-electron chi connectivity index (χ2n) is 5.40. The fraction of sp³-hybridized carbons (Fsp3) is 0.400. The van der Waals surface area contributed by atoms with Gasteiger partial charge in [0.05, 0.1) is 11.9 Å². The summed E-state index contributed by atoms with van der Waals surface area (Å²) in [5.74, 6) is 0.805. The minimum atomic E-state index is -0.183. The van der Waals surface area contributed by atoms with Gasteiger partial charge in [0.2, 0.25) is 0 Å². The van der Waals surface area contributed by atoms with E-state index >= 15 is 0 Å². The normalized spacial score (nSPS) is 19.2. The molecule has 112 valence electrons. The first kappa shape index (κ1) is 14.2. The summed E-state index contributed by atoms with van der Waals surface area (Å²) in [6.45, 7) is 3.04. The molecule has 1 N–H and O–H groups in total. The molecular formula is C15H16N6O. The van der Waals surface area contributed by atoms with Gasteiger partial charge in [0.1, 0.15) is 17.9 Å². The number of allylic oxidation sites excluding steroid dienone is 1. The van der Waals surface area contributed by atoms with Crippen LogP contribution in [0.25, 0.3) is 11.2 Å². The fourth-order valence-electron chi connectivity index (χ4n) is 2.80. The van der Waals surface area contributed by atoms with E-state index in [2.05, 4.69) is 24.8 Å². The highest BCUT2D eigenvalue weighted by Gasteiger charge is 2.22. The van der Waals surface area contributed by atoms with E-state index in [1.165, 1.54) is 13.3 Å². The molecule has 0 bridgehead atoms. The molecular weight excluding hydrogens is 280 g/mol. The number of H-pyrrole nitrogens is 1. The molecule has 0 aromatic carbocycles. The van der Waals surface area contributed by atoms with Crippen LogP contribution >= 0.6 is 0 Å². The molecule has 0 saturated carbocycles. The maximum Gasteiger partial charge on any atom is 0.182 e. The van der Waals surface area contributed by atoms with Crippen molar-refractivity contribution in [1.82, 2.24) is 19.9 Å². The van der Waals surface area contributed by atoms with Crippen molar-refractivity contribution in [2.24, 2.45) is 5.92 Å². The monoisotopic (exact) mass is 296 g/mol. The number of aromatic nitrogens is 4. The third-order valence-electron chi connectivity index (χ3n) is 3.86. The van der Waals surface area contributed by atoms with Crippen LogP contribution in [0.4, 0.5) is 5.82 Å². The molecule has 0 amide bonds. The van der Waals surface area contributed by atoms with Gasteiger partial charge in [-0.3, -0.25) is 4.79 Å². The van der Waals surface area contributed by atoms with Crippen LogP contribution in [0, 0.1) is 17.2 Å². The number of ketones is 1. The van der Waals surface area contributed by atoms with Gasteiger partial charge in [0, 0.05) is 13.1 Å². The Balaban J connectivity index is 1.86. The molecule has 7 nitrogen and oxygen atoms in total. The van der Waals surface area contributed by atoms with Crippen LogP contribution in [0.5, 0.6) is 0 Å². The number of fused-ring (bicyclic) bond motifs is 1. The maximum absolute atomic E-state index is 11.4. The quantitative estimate of drug-likeness (QED) is 0.682. The lowest BCUT2D eigenvalue weighted by atomic mass is 9.95. The van der Waals surface area contributed by atoms with E-state index in [0.29, 0.717) is 5.65 Å². The minimum absolute atomic E-state index is 0.167. The van der Waals surface area contributed by atoms with Crippen molar-refractivity contribution < 1.29 is 4.79 Å². The molecule has 2 aromatic rings. The first-order valence-electron chi connectivity index (χ1n) is 7.21. The van der Waals surface area contributed by atoms with Gasteiger partial charge in [0.25, 0.3) is 0 Å². The predicted molar refractivity (Wildman–Crippen MR) is 81.0 cm³/mol. The number of carbonyl (C=O) groups excluding carboxylic acids is 1. The summed E-state index contributed by atoms with van der Waals surface area (Å²) in [6, 6.07) is 1.98. The molecule has 1 saturated heterocycles. The Hall–Kier alpha value is -2.75. The zero-order chi connectivity index (χ0) is 15.5. The van der Waals surface area contributed by atoms with Gasteiger partial charge in [-0.15, -0.1) is 0 Å². The van der Waals surface area contributed by atoms with Gasteiger partial charge in [0.15, 0.2) is 17.2 Å². The first-order chi connectivity index (χ1) is 10.7. The highest BCUT2D eigenvalue weighted by Crippen LogP contribution is 2.26. The Morgan fingerprint density at radius 1 is 1.50 bits per heavy atom. The summed E-state index contributed by atoms with van der Waals surface area (Å²) in [5, 5.41) is 9.04. The number of hydrogen-bond acceptors (Lipinski definition) is 6. The Kier molecular flexibility index (Phi) is 3.83. The Bertz CT molecular complexity index is 772. The number of anilines is 1. The summed E-state index contributed by atoms with van der Waals surface area (Å²) >= 11 is 0.